The number of piperidine rings is 1. The molecule has 1 aromatic heterocycles. The molecule has 1 unspecified atom stereocenters. The molecular weight excluding hydrogens is 356 g/mol. The van der Waals surface area contributed by atoms with Gasteiger partial charge in [-0.2, -0.15) is 0 Å². The molecule has 1 aliphatic heterocycles. The summed E-state index contributed by atoms with van der Waals surface area (Å²) in [5, 5.41) is 5.41. The van der Waals surface area contributed by atoms with Gasteiger partial charge in [0.1, 0.15) is 5.75 Å². The third kappa shape index (κ3) is 5.21. The summed E-state index contributed by atoms with van der Waals surface area (Å²) >= 11 is 1.70. The van der Waals surface area contributed by atoms with Gasteiger partial charge < -0.3 is 15.0 Å². The fourth-order valence-corrected chi connectivity index (χ4v) is 3.88. The van der Waals surface area contributed by atoms with Crippen LogP contribution in [0.1, 0.15) is 23.3 Å². The van der Waals surface area contributed by atoms with Gasteiger partial charge in [0.25, 0.3) is 0 Å². The lowest BCUT2D eigenvalue weighted by Crippen LogP contribution is -2.42. The molecule has 1 aromatic carbocycles. The van der Waals surface area contributed by atoms with Crippen LogP contribution in [0.15, 0.2) is 41.8 Å². The van der Waals surface area contributed by atoms with Gasteiger partial charge in [-0.15, -0.1) is 23.7 Å². The third-order valence-electron chi connectivity index (χ3n) is 4.44. The molecule has 0 aliphatic carbocycles. The number of carbonyl (C=O) groups excluding carboxylic acids is 1. The number of nitrogens with zero attached hydrogens (tertiary/aromatic N) is 1. The molecule has 2 heterocycles. The normalized spacial score (nSPS) is 16.8. The zero-order valence-corrected chi connectivity index (χ0v) is 16.1. The molecule has 1 aliphatic rings. The van der Waals surface area contributed by atoms with Crippen molar-refractivity contribution in [2.24, 2.45) is 5.92 Å². The Balaban J connectivity index is 0.00000225. The summed E-state index contributed by atoms with van der Waals surface area (Å²) in [4.78, 5) is 16.3. The number of hydrogen-bond donors (Lipinski definition) is 1. The van der Waals surface area contributed by atoms with Crippen molar-refractivity contribution in [2.75, 3.05) is 20.2 Å². The van der Waals surface area contributed by atoms with E-state index >= 15 is 0 Å². The maximum absolute atomic E-state index is 13.1. The second kappa shape index (κ2) is 9.80. The van der Waals surface area contributed by atoms with Gasteiger partial charge in [0.15, 0.2) is 0 Å². The molecule has 1 saturated heterocycles. The van der Waals surface area contributed by atoms with Gasteiger partial charge in [-0.25, -0.2) is 0 Å². The smallest absolute Gasteiger partial charge is 0.227 e. The number of thiophene rings is 1. The molecule has 4 nitrogen and oxygen atoms in total. The molecule has 2 aromatic rings. The quantitative estimate of drug-likeness (QED) is 0.830. The summed E-state index contributed by atoms with van der Waals surface area (Å²) < 4.78 is 5.46. The number of nitrogens with one attached hydrogen (secondary N) is 1. The van der Waals surface area contributed by atoms with Gasteiger partial charge in [0.2, 0.25) is 5.91 Å². The van der Waals surface area contributed by atoms with Gasteiger partial charge in [-0.3, -0.25) is 4.79 Å². The van der Waals surface area contributed by atoms with Crippen molar-refractivity contribution in [3.8, 4) is 5.75 Å². The van der Waals surface area contributed by atoms with Crippen molar-refractivity contribution in [3.63, 3.8) is 0 Å². The largest absolute Gasteiger partial charge is 0.496 e. The van der Waals surface area contributed by atoms with Gasteiger partial charge in [0.05, 0.1) is 19.6 Å². The first kappa shape index (κ1) is 19.8. The predicted molar refractivity (Wildman–Crippen MR) is 104 cm³/mol. The van der Waals surface area contributed by atoms with Crippen molar-refractivity contribution in [3.05, 3.63) is 52.2 Å². The molecule has 3 rings (SSSR count). The first-order chi connectivity index (χ1) is 11.8. The molecule has 1 amide bonds. The summed E-state index contributed by atoms with van der Waals surface area (Å²) in [6, 6.07) is 12.1. The highest BCUT2D eigenvalue weighted by atomic mass is 35.5. The Hall–Kier alpha value is -1.56. The average molecular weight is 381 g/mol. The lowest BCUT2D eigenvalue weighted by Gasteiger charge is -2.30. The third-order valence-corrected chi connectivity index (χ3v) is 5.30. The molecule has 1 fully saturated rings. The Bertz CT molecular complexity index is 657. The maximum atomic E-state index is 13.1. The molecule has 6 heteroatoms. The Morgan fingerprint density at radius 2 is 2.12 bits per heavy atom. The number of amides is 1. The van der Waals surface area contributed by atoms with Gasteiger partial charge >= 0.3 is 0 Å². The topological polar surface area (TPSA) is 41.6 Å². The van der Waals surface area contributed by atoms with Crippen LogP contribution in [-0.4, -0.2) is 31.0 Å². The number of methoxy groups -OCH3 is 1. The van der Waals surface area contributed by atoms with Crippen molar-refractivity contribution < 1.29 is 9.53 Å². The fourth-order valence-electron chi connectivity index (χ4n) is 3.16. The Labute approximate surface area is 159 Å². The van der Waals surface area contributed by atoms with E-state index in [2.05, 4.69) is 16.8 Å². The van der Waals surface area contributed by atoms with E-state index in [1.54, 1.807) is 18.4 Å². The van der Waals surface area contributed by atoms with Crippen molar-refractivity contribution >= 4 is 29.7 Å². The van der Waals surface area contributed by atoms with Gasteiger partial charge in [-0.1, -0.05) is 24.3 Å². The number of benzene rings is 1. The second-order valence-corrected chi connectivity index (χ2v) is 7.16. The van der Waals surface area contributed by atoms with Crippen LogP contribution in [0.4, 0.5) is 0 Å². The summed E-state index contributed by atoms with van der Waals surface area (Å²) in [5.74, 6) is 1.15. The standard InChI is InChI=1S/C19H24N2O2S.ClH/c1-23-18-9-3-2-6-16(18)13-21(14-17-8-5-11-24-17)19(22)15-7-4-10-20-12-15;/h2-3,5-6,8-9,11,15,20H,4,7,10,12-14H2,1H3;1H. The minimum absolute atomic E-state index is 0. The summed E-state index contributed by atoms with van der Waals surface area (Å²) in [7, 11) is 1.68. The predicted octanol–water partition coefficient (Wildman–Crippen LogP) is 3.71. The minimum Gasteiger partial charge on any atom is -0.496 e. The van der Waals surface area contributed by atoms with E-state index in [0.29, 0.717) is 13.1 Å². The van der Waals surface area contributed by atoms with E-state index in [1.807, 2.05) is 35.2 Å². The average Bonchev–Trinajstić information content (AvgIpc) is 3.15. The molecule has 0 radical (unpaired) electrons. The minimum atomic E-state index is 0. The highest BCUT2D eigenvalue weighted by Gasteiger charge is 2.26. The number of ether oxygens (including phenoxy) is 1. The number of carbonyl (C=O) groups is 1. The van der Waals surface area contributed by atoms with Crippen molar-refractivity contribution in [1.82, 2.24) is 10.2 Å². The maximum Gasteiger partial charge on any atom is 0.227 e. The first-order valence-corrected chi connectivity index (χ1v) is 9.29. The second-order valence-electron chi connectivity index (χ2n) is 6.13. The monoisotopic (exact) mass is 380 g/mol. The highest BCUT2D eigenvalue weighted by molar-refractivity contribution is 7.09. The van der Waals surface area contributed by atoms with Crippen LogP contribution in [0.25, 0.3) is 0 Å². The highest BCUT2D eigenvalue weighted by Crippen LogP contribution is 2.24. The van der Waals surface area contributed by atoms with Crippen LogP contribution in [0.3, 0.4) is 0 Å². The van der Waals surface area contributed by atoms with Crippen LogP contribution < -0.4 is 10.1 Å². The summed E-state index contributed by atoms with van der Waals surface area (Å²) in [5.41, 5.74) is 1.05. The summed E-state index contributed by atoms with van der Waals surface area (Å²) in [6.45, 7) is 3.04. The molecule has 25 heavy (non-hydrogen) atoms. The van der Waals surface area contributed by atoms with E-state index in [1.165, 1.54) is 4.88 Å². The number of hydrogen-bond acceptors (Lipinski definition) is 4. The van der Waals surface area contributed by atoms with E-state index in [-0.39, 0.29) is 24.2 Å². The molecule has 136 valence electrons. The molecular formula is C19H25ClN2O2S. The van der Waals surface area contributed by atoms with E-state index in [4.69, 9.17) is 4.74 Å². The molecule has 0 bridgehead atoms. The number of halogens is 1. The SMILES string of the molecule is COc1ccccc1CN(Cc1cccs1)C(=O)C1CCCNC1.Cl. The van der Waals surface area contributed by atoms with Crippen LogP contribution in [0.5, 0.6) is 5.75 Å². The van der Waals surface area contributed by atoms with Crippen molar-refractivity contribution in [1.29, 1.82) is 0 Å². The van der Waals surface area contributed by atoms with Crippen LogP contribution in [0, 0.1) is 5.92 Å². The fraction of sp³-hybridized carbons (Fsp3) is 0.421. The Morgan fingerprint density at radius 3 is 2.80 bits per heavy atom. The lowest BCUT2D eigenvalue weighted by molar-refractivity contribution is -0.137. The number of para-hydroxylation sites is 1. The van der Waals surface area contributed by atoms with Gasteiger partial charge in [-0.05, 0) is 36.9 Å². The van der Waals surface area contributed by atoms with Crippen LogP contribution in [0.2, 0.25) is 0 Å². The Kier molecular flexibility index (Phi) is 7.75. The van der Waals surface area contributed by atoms with Crippen LogP contribution >= 0.6 is 23.7 Å². The lowest BCUT2D eigenvalue weighted by atomic mass is 9.97. The van der Waals surface area contributed by atoms with Gasteiger partial charge in [0, 0.05) is 23.5 Å². The Morgan fingerprint density at radius 1 is 1.28 bits per heavy atom. The first-order valence-electron chi connectivity index (χ1n) is 8.41. The molecule has 1 N–H and O–H groups in total. The molecule has 1 atom stereocenters. The molecule has 0 spiro atoms. The van der Waals surface area contributed by atoms with E-state index in [9.17, 15) is 4.79 Å². The number of rotatable bonds is 6. The van der Waals surface area contributed by atoms with E-state index in [0.717, 1.165) is 37.2 Å². The van der Waals surface area contributed by atoms with Crippen molar-refractivity contribution in [2.45, 2.75) is 25.9 Å². The molecule has 0 saturated carbocycles. The zero-order valence-electron chi connectivity index (χ0n) is 14.4. The van der Waals surface area contributed by atoms with Crippen LogP contribution in [-0.2, 0) is 17.9 Å². The van der Waals surface area contributed by atoms with E-state index < -0.39 is 0 Å². The zero-order chi connectivity index (χ0) is 16.8. The summed E-state index contributed by atoms with van der Waals surface area (Å²) in [6.07, 6.45) is 2.04.